The molecule has 2 unspecified atom stereocenters. The Bertz CT molecular complexity index is 530. The van der Waals surface area contributed by atoms with Gasteiger partial charge in [0.15, 0.2) is 0 Å². The number of aromatic nitrogens is 1. The van der Waals surface area contributed by atoms with Crippen molar-refractivity contribution in [3.8, 4) is 0 Å². The zero-order valence-corrected chi connectivity index (χ0v) is 13.5. The maximum absolute atomic E-state index is 6.20. The molecule has 2 rings (SSSR count). The third-order valence-electron chi connectivity index (χ3n) is 3.22. The molecule has 0 bridgehead atoms. The Morgan fingerprint density at radius 2 is 2.11 bits per heavy atom. The van der Waals surface area contributed by atoms with Crippen molar-refractivity contribution in [3.63, 3.8) is 0 Å². The zero-order chi connectivity index (χ0) is 14.0. The van der Waals surface area contributed by atoms with E-state index in [0.717, 1.165) is 17.2 Å². The van der Waals surface area contributed by atoms with Gasteiger partial charge in [0, 0.05) is 22.8 Å². The van der Waals surface area contributed by atoms with Crippen LogP contribution in [0.3, 0.4) is 0 Å². The Hall–Kier alpha value is -0.750. The van der Waals surface area contributed by atoms with Crippen LogP contribution in [-0.4, -0.2) is 23.0 Å². The van der Waals surface area contributed by atoms with E-state index in [0.29, 0.717) is 0 Å². The van der Waals surface area contributed by atoms with Crippen molar-refractivity contribution >= 4 is 22.7 Å². The molecule has 2 N–H and O–H groups in total. The first-order chi connectivity index (χ1) is 8.99. The standard InChI is InChI=1S/C14H21N3S2/c1-9-5-6-18-14(9)13(10(2)15)17(4)7-12-8-19-11(3)16-12/h5-6,8,10,13H,7,15H2,1-4H3. The van der Waals surface area contributed by atoms with Gasteiger partial charge in [-0.3, -0.25) is 4.90 Å². The van der Waals surface area contributed by atoms with Crippen LogP contribution in [0.25, 0.3) is 0 Å². The van der Waals surface area contributed by atoms with E-state index in [-0.39, 0.29) is 12.1 Å². The summed E-state index contributed by atoms with van der Waals surface area (Å²) in [5.74, 6) is 0. The molecule has 0 aliphatic carbocycles. The molecule has 3 nitrogen and oxygen atoms in total. The largest absolute Gasteiger partial charge is 0.326 e. The second-order valence-electron chi connectivity index (χ2n) is 5.04. The van der Waals surface area contributed by atoms with Crippen molar-refractivity contribution in [2.24, 2.45) is 5.73 Å². The highest BCUT2D eigenvalue weighted by molar-refractivity contribution is 7.10. The predicted octanol–water partition coefficient (Wildman–Crippen LogP) is 3.34. The lowest BCUT2D eigenvalue weighted by Crippen LogP contribution is -2.36. The van der Waals surface area contributed by atoms with Crippen LogP contribution < -0.4 is 5.73 Å². The summed E-state index contributed by atoms with van der Waals surface area (Å²) in [6.45, 7) is 7.11. The topological polar surface area (TPSA) is 42.2 Å². The fourth-order valence-electron chi connectivity index (χ4n) is 2.36. The van der Waals surface area contributed by atoms with Crippen molar-refractivity contribution in [3.05, 3.63) is 38.0 Å². The molecule has 0 aliphatic heterocycles. The van der Waals surface area contributed by atoms with Crippen LogP contribution in [0.5, 0.6) is 0 Å². The zero-order valence-electron chi connectivity index (χ0n) is 11.9. The van der Waals surface area contributed by atoms with Crippen LogP contribution in [-0.2, 0) is 6.54 Å². The Morgan fingerprint density at radius 3 is 2.58 bits per heavy atom. The van der Waals surface area contributed by atoms with Crippen LogP contribution in [0.15, 0.2) is 16.8 Å². The number of likely N-dealkylation sites (N-methyl/N-ethyl adjacent to an activating group) is 1. The minimum absolute atomic E-state index is 0.0992. The molecule has 104 valence electrons. The molecule has 0 aliphatic rings. The number of aryl methyl sites for hydroxylation is 2. The fourth-order valence-corrected chi connectivity index (χ4v) is 4.17. The molecule has 2 heterocycles. The summed E-state index contributed by atoms with van der Waals surface area (Å²) in [5, 5.41) is 5.39. The van der Waals surface area contributed by atoms with E-state index in [1.165, 1.54) is 10.4 Å². The number of hydrogen-bond acceptors (Lipinski definition) is 5. The average Bonchev–Trinajstić information content (AvgIpc) is 2.89. The summed E-state index contributed by atoms with van der Waals surface area (Å²) in [4.78, 5) is 8.20. The van der Waals surface area contributed by atoms with Gasteiger partial charge in [-0.25, -0.2) is 4.98 Å². The van der Waals surface area contributed by atoms with Crippen molar-refractivity contribution in [2.45, 2.75) is 39.4 Å². The van der Waals surface area contributed by atoms with E-state index >= 15 is 0 Å². The van der Waals surface area contributed by atoms with Gasteiger partial charge < -0.3 is 5.73 Å². The van der Waals surface area contributed by atoms with Crippen molar-refractivity contribution in [1.29, 1.82) is 0 Å². The second kappa shape index (κ2) is 6.13. The van der Waals surface area contributed by atoms with Gasteiger partial charge in [0.2, 0.25) is 0 Å². The summed E-state index contributed by atoms with van der Waals surface area (Å²) in [6, 6.07) is 2.51. The first kappa shape index (κ1) is 14.7. The summed E-state index contributed by atoms with van der Waals surface area (Å²) >= 11 is 3.49. The van der Waals surface area contributed by atoms with Gasteiger partial charge in [0.05, 0.1) is 16.7 Å². The maximum Gasteiger partial charge on any atom is 0.0897 e. The number of hydrogen-bond donors (Lipinski definition) is 1. The van der Waals surface area contributed by atoms with Crippen LogP contribution in [0.2, 0.25) is 0 Å². The second-order valence-corrected chi connectivity index (χ2v) is 7.05. The van der Waals surface area contributed by atoms with E-state index in [9.17, 15) is 0 Å². The Balaban J connectivity index is 2.18. The normalized spacial score (nSPS) is 14.8. The Kier molecular flexibility index (Phi) is 4.73. The molecule has 0 fully saturated rings. The van der Waals surface area contributed by atoms with Crippen molar-refractivity contribution in [1.82, 2.24) is 9.88 Å². The third-order valence-corrected chi connectivity index (χ3v) is 5.13. The Morgan fingerprint density at radius 1 is 1.37 bits per heavy atom. The number of nitrogens with zero attached hydrogens (tertiary/aromatic N) is 2. The Labute approximate surface area is 123 Å². The molecule has 0 saturated heterocycles. The summed E-state index contributed by atoms with van der Waals surface area (Å²) in [7, 11) is 2.13. The van der Waals surface area contributed by atoms with Crippen molar-refractivity contribution < 1.29 is 0 Å². The fraction of sp³-hybridized carbons (Fsp3) is 0.500. The van der Waals surface area contributed by atoms with Gasteiger partial charge >= 0.3 is 0 Å². The number of thiazole rings is 1. The molecular weight excluding hydrogens is 274 g/mol. The highest BCUT2D eigenvalue weighted by atomic mass is 32.1. The van der Waals surface area contributed by atoms with Gasteiger partial charge in [-0.1, -0.05) is 0 Å². The first-order valence-electron chi connectivity index (χ1n) is 6.40. The summed E-state index contributed by atoms with van der Waals surface area (Å²) < 4.78 is 0. The van der Waals surface area contributed by atoms with Gasteiger partial charge in [0.1, 0.15) is 0 Å². The molecule has 0 spiro atoms. The molecule has 0 amide bonds. The number of rotatable bonds is 5. The number of thiophene rings is 1. The molecule has 0 aromatic carbocycles. The van der Waals surface area contributed by atoms with E-state index < -0.39 is 0 Å². The molecule has 2 aromatic rings. The van der Waals surface area contributed by atoms with Crippen LogP contribution >= 0.6 is 22.7 Å². The van der Waals surface area contributed by atoms with Gasteiger partial charge in [-0.05, 0) is 44.8 Å². The molecule has 0 radical (unpaired) electrons. The third kappa shape index (κ3) is 3.42. The molecule has 0 saturated carbocycles. The van der Waals surface area contributed by atoms with Crippen LogP contribution in [0, 0.1) is 13.8 Å². The molecule has 2 aromatic heterocycles. The quantitative estimate of drug-likeness (QED) is 0.920. The maximum atomic E-state index is 6.20. The molecule has 2 atom stereocenters. The van der Waals surface area contributed by atoms with E-state index in [1.807, 2.05) is 6.92 Å². The van der Waals surface area contributed by atoms with Gasteiger partial charge in [0.25, 0.3) is 0 Å². The lowest BCUT2D eigenvalue weighted by atomic mass is 10.0. The molecule has 19 heavy (non-hydrogen) atoms. The smallest absolute Gasteiger partial charge is 0.0897 e. The average molecular weight is 295 g/mol. The van der Waals surface area contributed by atoms with E-state index in [4.69, 9.17) is 5.73 Å². The monoisotopic (exact) mass is 295 g/mol. The van der Waals surface area contributed by atoms with Gasteiger partial charge in [-0.15, -0.1) is 22.7 Å². The van der Waals surface area contributed by atoms with Crippen molar-refractivity contribution in [2.75, 3.05) is 7.05 Å². The highest BCUT2D eigenvalue weighted by Gasteiger charge is 2.24. The molecular formula is C14H21N3S2. The minimum atomic E-state index is 0.0992. The lowest BCUT2D eigenvalue weighted by molar-refractivity contribution is 0.211. The van der Waals surface area contributed by atoms with Crippen LogP contribution in [0.4, 0.5) is 0 Å². The summed E-state index contributed by atoms with van der Waals surface area (Å²) in [6.07, 6.45) is 0. The number of nitrogens with two attached hydrogens (primary N) is 1. The van der Waals surface area contributed by atoms with Gasteiger partial charge in [-0.2, -0.15) is 0 Å². The summed E-state index contributed by atoms with van der Waals surface area (Å²) in [5.41, 5.74) is 8.66. The van der Waals surface area contributed by atoms with E-state index in [1.54, 1.807) is 22.7 Å². The van der Waals surface area contributed by atoms with E-state index in [2.05, 4.69) is 47.6 Å². The highest BCUT2D eigenvalue weighted by Crippen LogP contribution is 2.31. The van der Waals surface area contributed by atoms with Crippen LogP contribution in [0.1, 0.15) is 34.1 Å². The minimum Gasteiger partial charge on any atom is -0.326 e. The molecule has 5 heteroatoms. The lowest BCUT2D eigenvalue weighted by Gasteiger charge is -2.30. The SMILES string of the molecule is Cc1nc(CN(C)C(c2sccc2C)C(C)N)cs1. The predicted molar refractivity (Wildman–Crippen MR) is 83.8 cm³/mol. The first-order valence-corrected chi connectivity index (χ1v) is 8.15.